The van der Waals surface area contributed by atoms with Gasteiger partial charge in [-0.2, -0.15) is 0 Å². The minimum atomic E-state index is -0.498. The standard InChI is InChI=1S/C26H28N2O4/c1-16(30-4)14-25(2,3)23-12-17-11-19(6-7-20(17)28-23)27-24(29)26(9-10-26)18-5-8-21-22(13-18)32-15-31-21/h5-8,11-13,28H,1,9-10,14-15H2,2-4H3,(H,27,29). The van der Waals surface area contributed by atoms with Gasteiger partial charge in [0.25, 0.3) is 0 Å². The average molecular weight is 433 g/mol. The first-order chi connectivity index (χ1) is 15.3. The Labute approximate surface area is 187 Å². The van der Waals surface area contributed by atoms with Crippen molar-refractivity contribution in [3.63, 3.8) is 0 Å². The van der Waals surface area contributed by atoms with Gasteiger partial charge >= 0.3 is 0 Å². The number of benzene rings is 2. The highest BCUT2D eigenvalue weighted by Crippen LogP contribution is 2.51. The summed E-state index contributed by atoms with van der Waals surface area (Å²) in [7, 11) is 1.65. The van der Waals surface area contributed by atoms with Gasteiger partial charge in [0.2, 0.25) is 12.7 Å². The summed E-state index contributed by atoms with van der Waals surface area (Å²) in [6.45, 7) is 8.51. The molecule has 0 saturated heterocycles. The highest BCUT2D eigenvalue weighted by Gasteiger charge is 2.51. The SMILES string of the molecule is C=C(CC(C)(C)c1cc2cc(NC(=O)C3(c4ccc5c(c4)OCO5)CC3)ccc2[nH]1)OC. The Bertz CT molecular complexity index is 1220. The van der Waals surface area contributed by atoms with Gasteiger partial charge in [-0.15, -0.1) is 0 Å². The van der Waals surface area contributed by atoms with Crippen molar-refractivity contribution in [3.8, 4) is 11.5 Å². The Balaban J connectivity index is 1.36. The van der Waals surface area contributed by atoms with E-state index in [0.29, 0.717) is 5.75 Å². The summed E-state index contributed by atoms with van der Waals surface area (Å²) in [6, 6.07) is 13.9. The molecule has 2 heterocycles. The van der Waals surface area contributed by atoms with Crippen LogP contribution in [0.1, 0.15) is 44.4 Å². The molecule has 166 valence electrons. The van der Waals surface area contributed by atoms with E-state index in [1.54, 1.807) is 7.11 Å². The number of allylic oxidation sites excluding steroid dienone is 1. The Hall–Kier alpha value is -3.41. The third-order valence-electron chi connectivity index (χ3n) is 6.65. The Kier molecular flexibility index (Phi) is 4.69. The number of methoxy groups -OCH3 is 1. The van der Waals surface area contributed by atoms with Gasteiger partial charge in [-0.3, -0.25) is 4.79 Å². The lowest BCUT2D eigenvalue weighted by Gasteiger charge is -2.23. The molecule has 0 radical (unpaired) electrons. The number of H-pyrrole nitrogens is 1. The Morgan fingerprint density at radius 3 is 2.69 bits per heavy atom. The third kappa shape index (κ3) is 3.49. The van der Waals surface area contributed by atoms with Crippen LogP contribution >= 0.6 is 0 Å². The lowest BCUT2D eigenvalue weighted by molar-refractivity contribution is -0.118. The fraction of sp³-hybridized carbons (Fsp3) is 0.346. The molecular weight excluding hydrogens is 404 g/mol. The van der Waals surface area contributed by atoms with E-state index < -0.39 is 5.41 Å². The van der Waals surface area contributed by atoms with Gasteiger partial charge in [-0.1, -0.05) is 26.5 Å². The number of hydrogen-bond acceptors (Lipinski definition) is 4. The molecular formula is C26H28N2O4. The smallest absolute Gasteiger partial charge is 0.235 e. The van der Waals surface area contributed by atoms with Gasteiger partial charge in [0.15, 0.2) is 11.5 Å². The van der Waals surface area contributed by atoms with Crippen LogP contribution in [0.15, 0.2) is 54.8 Å². The van der Waals surface area contributed by atoms with Crippen LogP contribution in [0.25, 0.3) is 10.9 Å². The fourth-order valence-corrected chi connectivity index (χ4v) is 4.45. The minimum Gasteiger partial charge on any atom is -0.502 e. The molecule has 0 unspecified atom stereocenters. The second kappa shape index (κ2) is 7.33. The molecule has 5 rings (SSSR count). The van der Waals surface area contributed by atoms with Crippen molar-refractivity contribution in [2.24, 2.45) is 0 Å². The van der Waals surface area contributed by atoms with Crippen LogP contribution < -0.4 is 14.8 Å². The number of aromatic amines is 1. The van der Waals surface area contributed by atoms with E-state index in [2.05, 4.69) is 36.8 Å². The van der Waals surface area contributed by atoms with Crippen molar-refractivity contribution < 1.29 is 19.0 Å². The monoisotopic (exact) mass is 432 g/mol. The van der Waals surface area contributed by atoms with Crippen LogP contribution in [0.2, 0.25) is 0 Å². The molecule has 1 fully saturated rings. The van der Waals surface area contributed by atoms with Crippen LogP contribution in [0.4, 0.5) is 5.69 Å². The molecule has 2 aromatic carbocycles. The molecule has 0 spiro atoms. The van der Waals surface area contributed by atoms with E-state index in [1.165, 1.54) is 0 Å². The molecule has 6 heteroatoms. The number of amides is 1. The van der Waals surface area contributed by atoms with Crippen molar-refractivity contribution in [1.29, 1.82) is 0 Å². The minimum absolute atomic E-state index is 0.0169. The molecule has 3 aromatic rings. The largest absolute Gasteiger partial charge is 0.502 e. The number of ether oxygens (including phenoxy) is 3. The summed E-state index contributed by atoms with van der Waals surface area (Å²) in [5.41, 5.74) is 3.26. The number of anilines is 1. The van der Waals surface area contributed by atoms with Crippen LogP contribution in [-0.4, -0.2) is 24.8 Å². The molecule has 1 aliphatic heterocycles. The summed E-state index contributed by atoms with van der Waals surface area (Å²) in [5, 5.41) is 4.19. The second-order valence-electron chi connectivity index (χ2n) is 9.39. The van der Waals surface area contributed by atoms with E-state index in [-0.39, 0.29) is 18.1 Å². The number of carbonyl (C=O) groups excluding carboxylic acids is 1. The van der Waals surface area contributed by atoms with Gasteiger partial charge in [-0.25, -0.2) is 0 Å². The van der Waals surface area contributed by atoms with Crippen molar-refractivity contribution in [1.82, 2.24) is 4.98 Å². The van der Waals surface area contributed by atoms with Crippen LogP contribution in [0, 0.1) is 0 Å². The lowest BCUT2D eigenvalue weighted by Crippen LogP contribution is -2.27. The van der Waals surface area contributed by atoms with Gasteiger partial charge in [0.05, 0.1) is 18.3 Å². The molecule has 2 aliphatic rings. The lowest BCUT2D eigenvalue weighted by atomic mass is 9.85. The maximum Gasteiger partial charge on any atom is 0.235 e. The van der Waals surface area contributed by atoms with E-state index >= 15 is 0 Å². The zero-order valence-corrected chi connectivity index (χ0v) is 18.7. The zero-order chi connectivity index (χ0) is 22.5. The van der Waals surface area contributed by atoms with Crippen molar-refractivity contribution in [3.05, 3.63) is 66.1 Å². The van der Waals surface area contributed by atoms with E-state index in [0.717, 1.165) is 58.6 Å². The summed E-state index contributed by atoms with van der Waals surface area (Å²) >= 11 is 0. The molecule has 0 bridgehead atoms. The number of nitrogens with one attached hydrogen (secondary N) is 2. The molecule has 6 nitrogen and oxygen atoms in total. The first-order valence-electron chi connectivity index (χ1n) is 10.9. The predicted molar refractivity (Wildman–Crippen MR) is 124 cm³/mol. The van der Waals surface area contributed by atoms with Crippen LogP contribution in [0.3, 0.4) is 0 Å². The summed E-state index contributed by atoms with van der Waals surface area (Å²) in [5.74, 6) is 2.21. The van der Waals surface area contributed by atoms with Crippen LogP contribution in [-0.2, 0) is 20.4 Å². The second-order valence-corrected chi connectivity index (χ2v) is 9.39. The number of fused-ring (bicyclic) bond motifs is 2. The number of hydrogen-bond donors (Lipinski definition) is 2. The van der Waals surface area contributed by atoms with Crippen molar-refractivity contribution >= 4 is 22.5 Å². The first kappa shape index (κ1) is 20.5. The third-order valence-corrected chi connectivity index (χ3v) is 6.65. The summed E-state index contributed by atoms with van der Waals surface area (Å²) in [4.78, 5) is 16.7. The predicted octanol–water partition coefficient (Wildman–Crippen LogP) is 5.39. The highest BCUT2D eigenvalue weighted by atomic mass is 16.7. The average Bonchev–Trinajstić information content (AvgIpc) is 3.25. The normalized spacial score (nSPS) is 16.1. The number of aromatic nitrogens is 1. The summed E-state index contributed by atoms with van der Waals surface area (Å²) in [6.07, 6.45) is 2.37. The van der Waals surface area contributed by atoms with E-state index in [1.807, 2.05) is 36.4 Å². The first-order valence-corrected chi connectivity index (χ1v) is 10.9. The maximum atomic E-state index is 13.2. The molecule has 1 aromatic heterocycles. The topological polar surface area (TPSA) is 72.6 Å². The van der Waals surface area contributed by atoms with E-state index in [9.17, 15) is 4.79 Å². The molecule has 1 amide bonds. The number of rotatable bonds is 7. The van der Waals surface area contributed by atoms with Gasteiger partial charge in [-0.05, 0) is 54.8 Å². The van der Waals surface area contributed by atoms with Crippen molar-refractivity contribution in [2.45, 2.75) is 43.9 Å². The molecule has 0 atom stereocenters. The zero-order valence-electron chi connectivity index (χ0n) is 18.7. The van der Waals surface area contributed by atoms with Gasteiger partial charge in [0, 0.05) is 34.1 Å². The van der Waals surface area contributed by atoms with Crippen LogP contribution in [0.5, 0.6) is 11.5 Å². The fourth-order valence-electron chi connectivity index (χ4n) is 4.45. The molecule has 32 heavy (non-hydrogen) atoms. The number of carbonyl (C=O) groups is 1. The Morgan fingerprint density at radius 2 is 1.94 bits per heavy atom. The highest BCUT2D eigenvalue weighted by molar-refractivity contribution is 6.02. The molecule has 1 aliphatic carbocycles. The molecule has 1 saturated carbocycles. The van der Waals surface area contributed by atoms with Gasteiger partial charge < -0.3 is 24.5 Å². The van der Waals surface area contributed by atoms with Crippen molar-refractivity contribution in [2.75, 3.05) is 19.2 Å². The van der Waals surface area contributed by atoms with Gasteiger partial charge in [0.1, 0.15) is 0 Å². The summed E-state index contributed by atoms with van der Waals surface area (Å²) < 4.78 is 16.2. The Morgan fingerprint density at radius 1 is 1.16 bits per heavy atom. The quantitative estimate of drug-likeness (QED) is 0.491. The molecule has 2 N–H and O–H groups in total. The van der Waals surface area contributed by atoms with E-state index in [4.69, 9.17) is 14.2 Å². The maximum absolute atomic E-state index is 13.2.